The van der Waals surface area contributed by atoms with E-state index in [1.807, 2.05) is 20.8 Å². The lowest BCUT2D eigenvalue weighted by Crippen LogP contribution is -2.38. The van der Waals surface area contributed by atoms with Crippen molar-refractivity contribution in [1.82, 2.24) is 10.6 Å². The van der Waals surface area contributed by atoms with Crippen LogP contribution in [0.2, 0.25) is 0 Å². The molecule has 0 radical (unpaired) electrons. The molecule has 1 unspecified atom stereocenters. The number of unbranched alkanes of at least 4 members (excludes halogenated alkanes) is 1. The summed E-state index contributed by atoms with van der Waals surface area (Å²) in [5.74, 6) is 1.25. The molecule has 0 aliphatic heterocycles. The predicted octanol–water partition coefficient (Wildman–Crippen LogP) is 3.41. The Kier molecular flexibility index (Phi) is 11.3. The molecule has 0 saturated heterocycles. The van der Waals surface area contributed by atoms with Crippen LogP contribution < -0.4 is 16.4 Å². The fourth-order valence-electron chi connectivity index (χ4n) is 2.14. The molecule has 0 fully saturated rings. The predicted molar refractivity (Wildman–Crippen MR) is 101 cm³/mol. The zero-order valence-corrected chi connectivity index (χ0v) is 16.4. The van der Waals surface area contributed by atoms with Gasteiger partial charge in [-0.3, -0.25) is 4.99 Å². The van der Waals surface area contributed by atoms with Gasteiger partial charge in [0, 0.05) is 19.1 Å². The minimum Gasteiger partial charge on any atom is -0.444 e. The van der Waals surface area contributed by atoms with Gasteiger partial charge in [0.2, 0.25) is 0 Å². The first-order valence-electron chi connectivity index (χ1n) is 9.13. The minimum absolute atomic E-state index is 0.348. The van der Waals surface area contributed by atoms with Gasteiger partial charge >= 0.3 is 6.09 Å². The van der Waals surface area contributed by atoms with Gasteiger partial charge in [0.25, 0.3) is 0 Å². The lowest BCUT2D eigenvalue weighted by Gasteiger charge is -2.19. The molecule has 0 aliphatic rings. The van der Waals surface area contributed by atoms with Gasteiger partial charge in [0.05, 0.1) is 0 Å². The Morgan fingerprint density at radius 2 is 1.79 bits per heavy atom. The average molecular weight is 343 g/mol. The first-order valence-corrected chi connectivity index (χ1v) is 9.13. The summed E-state index contributed by atoms with van der Waals surface area (Å²) in [6, 6.07) is 0.348. The number of nitrogens with one attached hydrogen (secondary N) is 2. The van der Waals surface area contributed by atoms with Gasteiger partial charge in [-0.1, -0.05) is 26.7 Å². The number of hydrogen-bond acceptors (Lipinski definition) is 3. The highest BCUT2D eigenvalue weighted by Gasteiger charge is 2.15. The van der Waals surface area contributed by atoms with Crippen LogP contribution in [-0.2, 0) is 4.74 Å². The third-order valence-corrected chi connectivity index (χ3v) is 3.35. The maximum atomic E-state index is 11.5. The number of aliphatic imine (C=N–C) groups is 1. The number of hydrogen-bond donors (Lipinski definition) is 3. The molecule has 0 bridgehead atoms. The number of ether oxygens (including phenoxy) is 1. The van der Waals surface area contributed by atoms with Crippen LogP contribution in [0.4, 0.5) is 4.79 Å². The molecule has 0 aliphatic carbocycles. The molecule has 1 atom stereocenters. The maximum absolute atomic E-state index is 11.5. The quantitative estimate of drug-likeness (QED) is 0.322. The van der Waals surface area contributed by atoms with Gasteiger partial charge in [-0.05, 0) is 52.9 Å². The van der Waals surface area contributed by atoms with Gasteiger partial charge in [0.1, 0.15) is 5.60 Å². The number of alkyl carbamates (subject to hydrolysis) is 1. The van der Waals surface area contributed by atoms with E-state index in [9.17, 15) is 4.79 Å². The highest BCUT2D eigenvalue weighted by atomic mass is 16.6. The Bertz CT molecular complexity index is 376. The van der Waals surface area contributed by atoms with Crippen LogP contribution >= 0.6 is 0 Å². The van der Waals surface area contributed by atoms with Gasteiger partial charge in [-0.15, -0.1) is 0 Å². The average Bonchev–Trinajstić information content (AvgIpc) is 2.40. The zero-order valence-electron chi connectivity index (χ0n) is 16.4. The molecular formula is C18H38N4O2. The molecule has 0 saturated carbocycles. The van der Waals surface area contributed by atoms with Gasteiger partial charge < -0.3 is 21.1 Å². The first-order chi connectivity index (χ1) is 11.1. The monoisotopic (exact) mass is 342 g/mol. The van der Waals surface area contributed by atoms with Crippen molar-refractivity contribution in [3.8, 4) is 0 Å². The van der Waals surface area contributed by atoms with Crippen LogP contribution in [-0.4, -0.2) is 36.8 Å². The molecule has 142 valence electrons. The number of guanidine groups is 1. The van der Waals surface area contributed by atoms with Crippen molar-refractivity contribution >= 4 is 12.1 Å². The van der Waals surface area contributed by atoms with E-state index in [0.29, 0.717) is 25.1 Å². The Balaban J connectivity index is 3.70. The molecule has 0 rings (SSSR count). The van der Waals surface area contributed by atoms with Crippen LogP contribution in [0, 0.1) is 5.92 Å². The summed E-state index contributed by atoms with van der Waals surface area (Å²) in [6.07, 6.45) is 4.90. The molecule has 0 aromatic heterocycles. The number of amides is 1. The topological polar surface area (TPSA) is 88.7 Å². The van der Waals surface area contributed by atoms with Gasteiger partial charge in [0.15, 0.2) is 5.96 Å². The van der Waals surface area contributed by atoms with Crippen LogP contribution in [0.1, 0.15) is 73.6 Å². The summed E-state index contributed by atoms with van der Waals surface area (Å²) in [7, 11) is 0. The van der Waals surface area contributed by atoms with Crippen LogP contribution in [0.3, 0.4) is 0 Å². The second-order valence-corrected chi connectivity index (χ2v) is 7.77. The van der Waals surface area contributed by atoms with Crippen molar-refractivity contribution in [1.29, 1.82) is 0 Å². The van der Waals surface area contributed by atoms with E-state index in [2.05, 4.69) is 36.4 Å². The third-order valence-electron chi connectivity index (χ3n) is 3.35. The second kappa shape index (κ2) is 12.0. The molecule has 4 N–H and O–H groups in total. The van der Waals surface area contributed by atoms with Gasteiger partial charge in [-0.2, -0.15) is 0 Å². The van der Waals surface area contributed by atoms with E-state index in [4.69, 9.17) is 10.5 Å². The van der Waals surface area contributed by atoms with E-state index in [1.54, 1.807) is 0 Å². The van der Waals surface area contributed by atoms with Crippen molar-refractivity contribution in [3.63, 3.8) is 0 Å². The molecule has 0 aromatic carbocycles. The number of carbonyl (C=O) groups is 1. The largest absolute Gasteiger partial charge is 0.444 e. The number of rotatable bonds is 10. The Morgan fingerprint density at radius 1 is 1.12 bits per heavy atom. The standard InChI is InChI=1S/C18H38N4O2/c1-14(2)10-9-11-15(3)22-16(19)20-12-7-8-13-21-17(23)24-18(4,5)6/h14-15H,7-13H2,1-6H3,(H,21,23)(H3,19,20,22). The smallest absolute Gasteiger partial charge is 0.407 e. The summed E-state index contributed by atoms with van der Waals surface area (Å²) in [5.41, 5.74) is 5.43. The zero-order chi connectivity index (χ0) is 18.6. The van der Waals surface area contributed by atoms with E-state index in [-0.39, 0.29) is 6.09 Å². The third kappa shape index (κ3) is 15.4. The molecule has 0 heterocycles. The van der Waals surface area contributed by atoms with Crippen molar-refractivity contribution in [2.75, 3.05) is 13.1 Å². The number of nitrogens with two attached hydrogens (primary N) is 1. The molecular weight excluding hydrogens is 304 g/mol. The highest BCUT2D eigenvalue weighted by Crippen LogP contribution is 2.08. The summed E-state index contributed by atoms with van der Waals surface area (Å²) >= 11 is 0. The van der Waals surface area contributed by atoms with Crippen LogP contribution in [0.15, 0.2) is 4.99 Å². The molecule has 6 heteroatoms. The lowest BCUT2D eigenvalue weighted by atomic mass is 10.0. The lowest BCUT2D eigenvalue weighted by molar-refractivity contribution is 0.0527. The van der Waals surface area contributed by atoms with E-state index < -0.39 is 5.60 Å². The molecule has 0 spiro atoms. The minimum atomic E-state index is -0.458. The Hall–Kier alpha value is -1.46. The van der Waals surface area contributed by atoms with E-state index in [0.717, 1.165) is 25.2 Å². The summed E-state index contributed by atoms with van der Waals surface area (Å²) in [6.45, 7) is 13.4. The van der Waals surface area contributed by atoms with Gasteiger partial charge in [-0.25, -0.2) is 4.79 Å². The maximum Gasteiger partial charge on any atom is 0.407 e. The summed E-state index contributed by atoms with van der Waals surface area (Å²) < 4.78 is 5.17. The fraction of sp³-hybridized carbons (Fsp3) is 0.889. The Labute approximate surface area is 148 Å². The van der Waals surface area contributed by atoms with E-state index >= 15 is 0 Å². The fourth-order valence-corrected chi connectivity index (χ4v) is 2.14. The van der Waals surface area contributed by atoms with Crippen LogP contribution in [0.5, 0.6) is 0 Å². The van der Waals surface area contributed by atoms with Crippen LogP contribution in [0.25, 0.3) is 0 Å². The SMILES string of the molecule is CC(C)CCCC(C)NC(N)=NCCCCNC(=O)OC(C)(C)C. The summed E-state index contributed by atoms with van der Waals surface area (Å²) in [4.78, 5) is 15.8. The molecule has 24 heavy (non-hydrogen) atoms. The molecule has 6 nitrogen and oxygen atoms in total. The van der Waals surface area contributed by atoms with E-state index in [1.165, 1.54) is 12.8 Å². The van der Waals surface area contributed by atoms with Crippen molar-refractivity contribution in [3.05, 3.63) is 0 Å². The number of carbonyl (C=O) groups excluding carboxylic acids is 1. The summed E-state index contributed by atoms with van der Waals surface area (Å²) in [5, 5.41) is 5.96. The second-order valence-electron chi connectivity index (χ2n) is 7.77. The normalized spacial score (nSPS) is 13.7. The molecule has 0 aromatic rings. The van der Waals surface area contributed by atoms with Crippen molar-refractivity contribution in [2.24, 2.45) is 16.6 Å². The highest BCUT2D eigenvalue weighted by molar-refractivity contribution is 5.78. The first kappa shape index (κ1) is 22.5. The van der Waals surface area contributed by atoms with Crippen molar-refractivity contribution < 1.29 is 9.53 Å². The van der Waals surface area contributed by atoms with Crippen molar-refractivity contribution in [2.45, 2.75) is 85.3 Å². The molecule has 1 amide bonds. The Morgan fingerprint density at radius 3 is 2.38 bits per heavy atom. The number of nitrogens with zero attached hydrogens (tertiary/aromatic N) is 1.